The average Bonchev–Trinajstić information content (AvgIpc) is 2.38. The molecular formula is C15H23ClN2O. The van der Waals surface area contributed by atoms with E-state index in [-0.39, 0.29) is 11.9 Å². The number of nitrogens with one attached hydrogen (secondary N) is 1. The zero-order valence-electron chi connectivity index (χ0n) is 11.5. The van der Waals surface area contributed by atoms with Crippen molar-refractivity contribution in [3.63, 3.8) is 0 Å². The predicted molar refractivity (Wildman–Crippen MR) is 80.1 cm³/mol. The number of carbonyl (C=O) groups excluding carboxylic acids is 1. The Kier molecular flexibility index (Phi) is 7.53. The van der Waals surface area contributed by atoms with Gasteiger partial charge in [0.1, 0.15) is 0 Å². The minimum absolute atomic E-state index is 0.00441. The molecule has 4 heteroatoms. The number of carbonyl (C=O) groups is 1. The molecule has 0 saturated carbocycles. The summed E-state index contributed by atoms with van der Waals surface area (Å²) in [4.78, 5) is 11.8. The van der Waals surface area contributed by atoms with Gasteiger partial charge >= 0.3 is 0 Å². The van der Waals surface area contributed by atoms with Gasteiger partial charge in [-0.2, -0.15) is 0 Å². The van der Waals surface area contributed by atoms with Crippen LogP contribution in [0.15, 0.2) is 24.3 Å². The molecule has 1 aromatic rings. The normalized spacial score (nSPS) is 12.2. The first kappa shape index (κ1) is 16.0. The van der Waals surface area contributed by atoms with Crippen LogP contribution in [0.1, 0.15) is 50.6 Å². The quantitative estimate of drug-likeness (QED) is 0.718. The monoisotopic (exact) mass is 282 g/mol. The van der Waals surface area contributed by atoms with Crippen LogP contribution in [0.5, 0.6) is 0 Å². The molecule has 0 bridgehead atoms. The molecule has 3 N–H and O–H groups in total. The van der Waals surface area contributed by atoms with Gasteiger partial charge in [-0.25, -0.2) is 0 Å². The van der Waals surface area contributed by atoms with Crippen LogP contribution in [0.4, 0.5) is 0 Å². The summed E-state index contributed by atoms with van der Waals surface area (Å²) in [6, 6.07) is 7.57. The third-order valence-corrected chi connectivity index (χ3v) is 3.32. The Morgan fingerprint density at radius 2 is 2.05 bits per heavy atom. The summed E-state index contributed by atoms with van der Waals surface area (Å²) in [5.41, 5.74) is 6.45. The molecule has 1 amide bonds. The van der Waals surface area contributed by atoms with Crippen LogP contribution in [0, 0.1) is 0 Å². The van der Waals surface area contributed by atoms with Crippen LogP contribution < -0.4 is 11.1 Å². The maximum Gasteiger partial charge on any atom is 0.220 e. The molecule has 19 heavy (non-hydrogen) atoms. The molecule has 0 aliphatic heterocycles. The third-order valence-electron chi connectivity index (χ3n) is 3.08. The van der Waals surface area contributed by atoms with Crippen LogP contribution in [0.3, 0.4) is 0 Å². The topological polar surface area (TPSA) is 55.1 Å². The number of unbranched alkanes of at least 4 members (excludes halogenated alkanes) is 3. The summed E-state index contributed by atoms with van der Waals surface area (Å²) in [7, 11) is 0. The van der Waals surface area contributed by atoms with E-state index in [4.69, 9.17) is 17.3 Å². The van der Waals surface area contributed by atoms with Crippen molar-refractivity contribution in [2.45, 2.75) is 45.1 Å². The van der Waals surface area contributed by atoms with Crippen LogP contribution in [-0.4, -0.2) is 12.5 Å². The minimum atomic E-state index is -0.00441. The standard InChI is InChI=1S/C15H23ClN2O/c1-12(13-7-6-8-14(16)11-13)18-15(19)9-4-2-3-5-10-17/h6-8,11-12H,2-5,9-10,17H2,1H3,(H,18,19). The largest absolute Gasteiger partial charge is 0.350 e. The maximum absolute atomic E-state index is 11.8. The zero-order valence-corrected chi connectivity index (χ0v) is 12.2. The minimum Gasteiger partial charge on any atom is -0.350 e. The van der Waals surface area contributed by atoms with Gasteiger partial charge in [0.05, 0.1) is 6.04 Å². The van der Waals surface area contributed by atoms with E-state index >= 15 is 0 Å². The Balaban J connectivity index is 2.28. The highest BCUT2D eigenvalue weighted by atomic mass is 35.5. The number of hydrogen-bond acceptors (Lipinski definition) is 2. The van der Waals surface area contributed by atoms with Crippen molar-refractivity contribution in [3.05, 3.63) is 34.9 Å². The van der Waals surface area contributed by atoms with E-state index in [2.05, 4.69) is 5.32 Å². The molecule has 0 spiro atoms. The predicted octanol–water partition coefficient (Wildman–Crippen LogP) is 3.43. The molecule has 0 aromatic heterocycles. The highest BCUT2D eigenvalue weighted by molar-refractivity contribution is 6.30. The summed E-state index contributed by atoms with van der Waals surface area (Å²) in [6.07, 6.45) is 4.72. The van der Waals surface area contributed by atoms with E-state index in [0.29, 0.717) is 11.4 Å². The highest BCUT2D eigenvalue weighted by Gasteiger charge is 2.09. The first-order valence-electron chi connectivity index (χ1n) is 6.88. The fourth-order valence-electron chi connectivity index (χ4n) is 1.96. The lowest BCUT2D eigenvalue weighted by Gasteiger charge is -2.14. The van der Waals surface area contributed by atoms with E-state index in [9.17, 15) is 4.79 Å². The van der Waals surface area contributed by atoms with E-state index < -0.39 is 0 Å². The van der Waals surface area contributed by atoms with Gasteiger partial charge in [0.2, 0.25) is 5.91 Å². The molecular weight excluding hydrogens is 260 g/mol. The first-order chi connectivity index (χ1) is 9.13. The number of hydrogen-bond donors (Lipinski definition) is 2. The fourth-order valence-corrected chi connectivity index (χ4v) is 2.16. The number of benzene rings is 1. The lowest BCUT2D eigenvalue weighted by atomic mass is 10.1. The van der Waals surface area contributed by atoms with Crippen molar-refractivity contribution in [3.8, 4) is 0 Å². The van der Waals surface area contributed by atoms with Crippen LogP contribution in [-0.2, 0) is 4.79 Å². The Hall–Kier alpha value is -1.06. The van der Waals surface area contributed by atoms with Crippen molar-refractivity contribution >= 4 is 17.5 Å². The number of amides is 1. The SMILES string of the molecule is CC(NC(=O)CCCCCCN)c1cccc(Cl)c1. The first-order valence-corrected chi connectivity index (χ1v) is 7.26. The van der Waals surface area contributed by atoms with Crippen molar-refractivity contribution in [1.29, 1.82) is 0 Å². The molecule has 0 saturated heterocycles. The van der Waals surface area contributed by atoms with Crippen molar-refractivity contribution < 1.29 is 4.79 Å². The molecule has 0 aliphatic rings. The summed E-state index contributed by atoms with van der Waals surface area (Å²) in [5, 5.41) is 3.69. The Morgan fingerprint density at radius 3 is 2.74 bits per heavy atom. The van der Waals surface area contributed by atoms with Crippen LogP contribution in [0.2, 0.25) is 5.02 Å². The lowest BCUT2D eigenvalue weighted by molar-refractivity contribution is -0.121. The molecule has 1 rings (SSSR count). The Bertz CT molecular complexity index is 395. The molecule has 106 valence electrons. The molecule has 0 fully saturated rings. The lowest BCUT2D eigenvalue weighted by Crippen LogP contribution is -2.26. The highest BCUT2D eigenvalue weighted by Crippen LogP contribution is 2.17. The zero-order chi connectivity index (χ0) is 14.1. The van der Waals surface area contributed by atoms with Gasteiger partial charge in [-0.3, -0.25) is 4.79 Å². The van der Waals surface area contributed by atoms with Crippen molar-refractivity contribution in [2.24, 2.45) is 5.73 Å². The van der Waals surface area contributed by atoms with Gasteiger partial charge < -0.3 is 11.1 Å². The summed E-state index contributed by atoms with van der Waals surface area (Å²) in [5.74, 6) is 0.0974. The molecule has 0 aliphatic carbocycles. The smallest absolute Gasteiger partial charge is 0.220 e. The second-order valence-corrected chi connectivity index (χ2v) is 5.23. The van der Waals surface area contributed by atoms with Gasteiger partial charge in [0, 0.05) is 11.4 Å². The van der Waals surface area contributed by atoms with E-state index in [1.165, 1.54) is 0 Å². The molecule has 1 atom stereocenters. The number of nitrogens with two attached hydrogens (primary N) is 1. The fraction of sp³-hybridized carbons (Fsp3) is 0.533. The number of halogens is 1. The maximum atomic E-state index is 11.8. The van der Waals surface area contributed by atoms with Gasteiger partial charge in [0.25, 0.3) is 0 Å². The van der Waals surface area contributed by atoms with Crippen molar-refractivity contribution in [2.75, 3.05) is 6.54 Å². The molecule has 3 nitrogen and oxygen atoms in total. The van der Waals surface area contributed by atoms with E-state index in [1.807, 2.05) is 31.2 Å². The van der Waals surface area contributed by atoms with E-state index in [1.54, 1.807) is 0 Å². The average molecular weight is 283 g/mol. The molecule has 1 aromatic carbocycles. The molecule has 0 heterocycles. The number of rotatable bonds is 8. The second kappa shape index (κ2) is 8.94. The van der Waals surface area contributed by atoms with Crippen LogP contribution >= 0.6 is 11.6 Å². The summed E-state index contributed by atoms with van der Waals surface area (Å²) in [6.45, 7) is 2.70. The third kappa shape index (κ3) is 6.60. The van der Waals surface area contributed by atoms with Crippen LogP contribution in [0.25, 0.3) is 0 Å². The van der Waals surface area contributed by atoms with E-state index in [0.717, 1.165) is 37.8 Å². The molecule has 0 radical (unpaired) electrons. The second-order valence-electron chi connectivity index (χ2n) is 4.80. The van der Waals surface area contributed by atoms with Crippen molar-refractivity contribution in [1.82, 2.24) is 5.32 Å². The van der Waals surface area contributed by atoms with Gasteiger partial charge in [-0.1, -0.05) is 36.6 Å². The van der Waals surface area contributed by atoms with Gasteiger partial charge in [-0.05, 0) is 44.0 Å². The summed E-state index contributed by atoms with van der Waals surface area (Å²) < 4.78 is 0. The van der Waals surface area contributed by atoms with Gasteiger partial charge in [0.15, 0.2) is 0 Å². The summed E-state index contributed by atoms with van der Waals surface area (Å²) >= 11 is 5.93. The molecule has 1 unspecified atom stereocenters. The Labute approximate surface area is 120 Å². The van der Waals surface area contributed by atoms with Gasteiger partial charge in [-0.15, -0.1) is 0 Å². The Morgan fingerprint density at radius 1 is 1.32 bits per heavy atom.